The highest BCUT2D eigenvalue weighted by Crippen LogP contribution is 2.31. The second-order valence-corrected chi connectivity index (χ2v) is 8.97. The van der Waals surface area contributed by atoms with Crippen LogP contribution in [0, 0.1) is 6.92 Å². The quantitative estimate of drug-likeness (QED) is 0.710. The molecule has 0 amide bonds. The van der Waals surface area contributed by atoms with Gasteiger partial charge in [-0.2, -0.15) is 0 Å². The molecule has 3 rings (SSSR count). The average Bonchev–Trinajstić information content (AvgIpc) is 2.93. The van der Waals surface area contributed by atoms with Crippen molar-refractivity contribution >= 4 is 37.3 Å². The molecular formula is C18H20N2O3S2. The van der Waals surface area contributed by atoms with Crippen LogP contribution in [0.2, 0.25) is 0 Å². The lowest BCUT2D eigenvalue weighted by molar-refractivity contribution is 0.402. The summed E-state index contributed by atoms with van der Waals surface area (Å²) in [6, 6.07) is 10.6. The second kappa shape index (κ2) is 6.65. The summed E-state index contributed by atoms with van der Waals surface area (Å²) in [5.41, 5.74) is 2.31. The van der Waals surface area contributed by atoms with Crippen LogP contribution in [-0.2, 0) is 10.0 Å². The molecule has 0 fully saturated rings. The van der Waals surface area contributed by atoms with Crippen LogP contribution in [0.1, 0.15) is 30.3 Å². The van der Waals surface area contributed by atoms with Gasteiger partial charge in [0.25, 0.3) is 10.0 Å². The highest BCUT2D eigenvalue weighted by Gasteiger charge is 2.21. The minimum atomic E-state index is -3.76. The third-order valence-corrected chi connectivity index (χ3v) is 6.23. The van der Waals surface area contributed by atoms with Crippen molar-refractivity contribution in [2.45, 2.75) is 31.6 Å². The largest absolute Gasteiger partial charge is 0.495 e. The van der Waals surface area contributed by atoms with Gasteiger partial charge in [0.1, 0.15) is 10.6 Å². The normalized spacial score (nSPS) is 11.9. The van der Waals surface area contributed by atoms with Crippen LogP contribution in [0.3, 0.4) is 0 Å². The molecular weight excluding hydrogens is 356 g/mol. The topological polar surface area (TPSA) is 68.3 Å². The van der Waals surface area contributed by atoms with Crippen molar-refractivity contribution < 1.29 is 13.2 Å². The zero-order valence-electron chi connectivity index (χ0n) is 14.5. The van der Waals surface area contributed by atoms with E-state index in [0.29, 0.717) is 11.4 Å². The fourth-order valence-corrected chi connectivity index (χ4v) is 4.70. The number of rotatable bonds is 5. The smallest absolute Gasteiger partial charge is 0.265 e. The van der Waals surface area contributed by atoms with Crippen LogP contribution >= 0.6 is 11.3 Å². The number of aryl methyl sites for hydroxylation is 1. The number of methoxy groups -OCH3 is 1. The molecule has 0 unspecified atom stereocenters. The third kappa shape index (κ3) is 3.62. The summed E-state index contributed by atoms with van der Waals surface area (Å²) < 4.78 is 34.6. The summed E-state index contributed by atoms with van der Waals surface area (Å²) in [6.07, 6.45) is 0. The molecule has 7 heteroatoms. The number of thiazole rings is 1. The van der Waals surface area contributed by atoms with Crippen molar-refractivity contribution in [1.82, 2.24) is 4.98 Å². The van der Waals surface area contributed by atoms with Gasteiger partial charge in [0, 0.05) is 0 Å². The number of hydrogen-bond acceptors (Lipinski definition) is 5. The van der Waals surface area contributed by atoms with E-state index in [9.17, 15) is 8.42 Å². The van der Waals surface area contributed by atoms with Crippen LogP contribution in [0.5, 0.6) is 5.75 Å². The van der Waals surface area contributed by atoms with Crippen molar-refractivity contribution in [3.63, 3.8) is 0 Å². The van der Waals surface area contributed by atoms with Gasteiger partial charge in [-0.05, 0) is 48.7 Å². The maximum absolute atomic E-state index is 12.9. The van der Waals surface area contributed by atoms with Gasteiger partial charge in [-0.3, -0.25) is 4.72 Å². The van der Waals surface area contributed by atoms with Gasteiger partial charge in [0.15, 0.2) is 0 Å². The predicted molar refractivity (Wildman–Crippen MR) is 102 cm³/mol. The first-order valence-corrected chi connectivity index (χ1v) is 10.2. The van der Waals surface area contributed by atoms with E-state index >= 15 is 0 Å². The lowest BCUT2D eigenvalue weighted by Crippen LogP contribution is -2.14. The Kier molecular flexibility index (Phi) is 4.71. The number of benzene rings is 2. The molecule has 1 N–H and O–H groups in total. The highest BCUT2D eigenvalue weighted by molar-refractivity contribution is 7.92. The van der Waals surface area contributed by atoms with Crippen molar-refractivity contribution in [2.75, 3.05) is 11.8 Å². The lowest BCUT2D eigenvalue weighted by atomic mass is 10.0. The van der Waals surface area contributed by atoms with Gasteiger partial charge < -0.3 is 4.74 Å². The molecule has 0 spiro atoms. The van der Waals surface area contributed by atoms with Crippen LogP contribution in [-0.4, -0.2) is 20.5 Å². The monoisotopic (exact) mass is 376 g/mol. The summed E-state index contributed by atoms with van der Waals surface area (Å²) in [6.45, 7) is 5.97. The van der Waals surface area contributed by atoms with E-state index in [4.69, 9.17) is 4.74 Å². The molecule has 25 heavy (non-hydrogen) atoms. The Bertz CT molecular complexity index is 1020. The molecule has 0 aliphatic rings. The van der Waals surface area contributed by atoms with Crippen molar-refractivity contribution in [3.8, 4) is 5.75 Å². The molecule has 0 saturated carbocycles. The molecule has 0 radical (unpaired) electrons. The Morgan fingerprint density at radius 2 is 1.92 bits per heavy atom. The standard InChI is InChI=1S/C18H20N2O3S2/c1-11(2)13-5-8-16(23-4)18(9-13)25(21,22)20-14-6-7-15-17(10-14)24-12(3)19-15/h5-11,20H,1-4H3. The van der Waals surface area contributed by atoms with Gasteiger partial charge in [0.2, 0.25) is 0 Å². The zero-order valence-corrected chi connectivity index (χ0v) is 16.2. The van der Waals surface area contributed by atoms with Crippen LogP contribution in [0.25, 0.3) is 10.2 Å². The van der Waals surface area contributed by atoms with E-state index in [-0.39, 0.29) is 10.8 Å². The zero-order chi connectivity index (χ0) is 18.2. The molecule has 2 aromatic carbocycles. The number of sulfonamides is 1. The summed E-state index contributed by atoms with van der Waals surface area (Å²) in [7, 11) is -2.30. The van der Waals surface area contributed by atoms with Gasteiger partial charge >= 0.3 is 0 Å². The Labute approximate surface area is 151 Å². The van der Waals surface area contributed by atoms with Crippen molar-refractivity contribution in [1.29, 1.82) is 0 Å². The predicted octanol–water partition coefficient (Wildman–Crippen LogP) is 4.54. The van der Waals surface area contributed by atoms with Crippen LogP contribution in [0.4, 0.5) is 5.69 Å². The maximum atomic E-state index is 12.9. The summed E-state index contributed by atoms with van der Waals surface area (Å²) in [5, 5.41) is 0.946. The number of anilines is 1. The lowest BCUT2D eigenvalue weighted by Gasteiger charge is -2.14. The second-order valence-electron chi connectivity index (χ2n) is 6.09. The van der Waals surface area contributed by atoms with Gasteiger partial charge in [-0.1, -0.05) is 19.9 Å². The minimum Gasteiger partial charge on any atom is -0.495 e. The van der Waals surface area contributed by atoms with E-state index in [1.807, 2.05) is 32.9 Å². The van der Waals surface area contributed by atoms with E-state index < -0.39 is 10.0 Å². The number of nitrogens with zero attached hydrogens (tertiary/aromatic N) is 1. The Hall–Kier alpha value is -2.12. The summed E-state index contributed by atoms with van der Waals surface area (Å²) in [5.74, 6) is 0.544. The Morgan fingerprint density at radius 1 is 1.16 bits per heavy atom. The third-order valence-electron chi connectivity index (χ3n) is 3.89. The van der Waals surface area contributed by atoms with Crippen molar-refractivity contribution in [2.24, 2.45) is 0 Å². The molecule has 3 aromatic rings. The van der Waals surface area contributed by atoms with Gasteiger partial charge in [-0.25, -0.2) is 13.4 Å². The Balaban J connectivity index is 2.01. The minimum absolute atomic E-state index is 0.141. The molecule has 132 valence electrons. The molecule has 0 aliphatic heterocycles. The van der Waals surface area contributed by atoms with E-state index in [1.165, 1.54) is 18.4 Å². The summed E-state index contributed by atoms with van der Waals surface area (Å²) >= 11 is 1.53. The van der Waals surface area contributed by atoms with E-state index in [2.05, 4.69) is 9.71 Å². The first kappa shape index (κ1) is 17.7. The molecule has 0 saturated heterocycles. The molecule has 1 aromatic heterocycles. The van der Waals surface area contributed by atoms with Crippen LogP contribution < -0.4 is 9.46 Å². The SMILES string of the molecule is COc1ccc(C(C)C)cc1S(=O)(=O)Nc1ccc2nc(C)sc2c1. The fourth-order valence-electron chi connectivity index (χ4n) is 2.58. The molecule has 5 nitrogen and oxygen atoms in total. The molecule has 1 heterocycles. The highest BCUT2D eigenvalue weighted by atomic mass is 32.2. The number of hydrogen-bond donors (Lipinski definition) is 1. The number of aromatic nitrogens is 1. The fraction of sp³-hybridized carbons (Fsp3) is 0.278. The number of nitrogens with one attached hydrogen (secondary N) is 1. The van der Waals surface area contributed by atoms with E-state index in [1.54, 1.807) is 24.3 Å². The number of fused-ring (bicyclic) bond motifs is 1. The molecule has 0 bridgehead atoms. The van der Waals surface area contributed by atoms with E-state index in [0.717, 1.165) is 20.8 Å². The molecule has 0 atom stereocenters. The van der Waals surface area contributed by atoms with Crippen molar-refractivity contribution in [3.05, 3.63) is 47.0 Å². The van der Waals surface area contributed by atoms with Gasteiger partial charge in [-0.15, -0.1) is 11.3 Å². The first-order valence-electron chi connectivity index (χ1n) is 7.88. The maximum Gasteiger partial charge on any atom is 0.265 e. The van der Waals surface area contributed by atoms with Crippen LogP contribution in [0.15, 0.2) is 41.3 Å². The number of ether oxygens (including phenoxy) is 1. The average molecular weight is 377 g/mol. The molecule has 0 aliphatic carbocycles. The first-order chi connectivity index (χ1) is 11.8. The summed E-state index contributed by atoms with van der Waals surface area (Å²) in [4.78, 5) is 4.53. The Morgan fingerprint density at radius 3 is 2.60 bits per heavy atom. The van der Waals surface area contributed by atoms with Gasteiger partial charge in [0.05, 0.1) is 28.0 Å².